The van der Waals surface area contributed by atoms with Gasteiger partial charge in [0.05, 0.1) is 6.61 Å². The predicted molar refractivity (Wildman–Crippen MR) is 422 cm³/mol. The van der Waals surface area contributed by atoms with Gasteiger partial charge in [0.25, 0.3) is 11.8 Å². The SMILES string of the molecule is CC(=O)N[C@H](Cc1ccc2ccccc2c1)C(=O)N[C@H](Cc1ccc(Cl)cc1)C(=O)N[C@H](Cc1cccnc1)C(=O)N[C@@H](CO)C(=O)N[C@@H](CCCCNC(=O)c1ccccn1)C(=O)N[C@H](CCCCNC(=O)c1nccnc1N)C(=O)N[C@@H](CC(C)C)C(=O)N[C@@H](CCCNC(=N)N)C(=O)N1CCC[C@H]1C(=O)N[C@H](C)C(N)=O. The minimum atomic E-state index is -1.86. The Hall–Kier alpha value is -12.3. The van der Waals surface area contributed by atoms with Gasteiger partial charge < -0.3 is 91.0 Å². The van der Waals surface area contributed by atoms with Crippen molar-refractivity contribution in [2.75, 3.05) is 38.5 Å². The van der Waals surface area contributed by atoms with Gasteiger partial charge in [-0.1, -0.05) is 92.2 Å². The molecule has 0 unspecified atom stereocenters. The second-order valence-electron chi connectivity index (χ2n) is 28.1. The fourth-order valence-electron chi connectivity index (χ4n) is 12.6. The van der Waals surface area contributed by atoms with E-state index in [4.69, 9.17) is 34.2 Å². The molecule has 3 aromatic carbocycles. The number of amides is 13. The number of nitrogens with one attached hydrogen (secondary N) is 13. The quantitative estimate of drug-likeness (QED) is 0.0137. The van der Waals surface area contributed by atoms with Crippen LogP contribution >= 0.6 is 11.6 Å². The minimum Gasteiger partial charge on any atom is -0.394 e. The Morgan fingerprint density at radius 3 is 1.64 bits per heavy atom. The average molecular weight is 1590 g/mol. The number of unbranched alkanes of at least 4 members (excludes halogenated alkanes) is 2. The van der Waals surface area contributed by atoms with E-state index in [1.165, 1.54) is 55.8 Å². The Bertz CT molecular complexity index is 4320. The fraction of sp³-hybridized carbons (Fsp3) is 0.436. The van der Waals surface area contributed by atoms with Gasteiger partial charge in [0.2, 0.25) is 65.0 Å². The first-order valence-corrected chi connectivity index (χ1v) is 38.1. The Labute approximate surface area is 664 Å². The van der Waals surface area contributed by atoms with Crippen molar-refractivity contribution < 1.29 is 67.4 Å². The lowest BCUT2D eigenvalue weighted by Crippen LogP contribution is -2.61. The summed E-state index contributed by atoms with van der Waals surface area (Å²) in [6.07, 6.45) is 7.42. The van der Waals surface area contributed by atoms with Crippen LogP contribution in [0.5, 0.6) is 0 Å². The van der Waals surface area contributed by atoms with Gasteiger partial charge in [-0.3, -0.25) is 77.7 Å². The molecule has 610 valence electrons. The highest BCUT2D eigenvalue weighted by molar-refractivity contribution is 6.30. The van der Waals surface area contributed by atoms with E-state index in [9.17, 15) is 57.8 Å². The molecule has 0 spiro atoms. The highest BCUT2D eigenvalue weighted by Gasteiger charge is 2.40. The summed E-state index contributed by atoms with van der Waals surface area (Å²) >= 11 is 6.26. The summed E-state index contributed by atoms with van der Waals surface area (Å²) in [5.41, 5.74) is 18.5. The normalized spacial score (nSPS) is 14.8. The molecule has 114 heavy (non-hydrogen) atoms. The minimum absolute atomic E-state index is 0.00139. The predicted octanol–water partition coefficient (Wildman–Crippen LogP) is 0.0649. The molecule has 1 saturated heterocycles. The standard InChI is InChI=1S/C78H102ClN21O14/c1-45(2)38-58(70(107)95-57(22-14-34-90-78(82)83)77(114)100-37-15-23-63(100)75(112)91-46(3)66(81)103)96-69(106)56(21-9-12-33-89-76(113)64-65(80)87-36-35-86-64)93-68(105)55(20-8-11-32-88-67(104)54-19-7-10-31-85-54)94-74(111)62(44-101)99-73(110)61(42-50-16-13-30-84-43-50)98-72(109)60(40-48-25-28-53(79)29-26-48)97-71(108)59(92-47(4)102)41-49-24-27-51-17-5-6-18-52(51)39-49/h5-7,10,13,16-19,24-31,35-36,39,43,45-46,55-63,101H,8-9,11-12,14-15,20-23,32-34,37-38,40-42,44H2,1-4H3,(H2,80,87)(H2,81,103)(H,88,104)(H,89,113)(H,91,112)(H,92,102)(H,93,105)(H,94,111)(H,95,107)(H,96,106)(H,97,108)(H,98,109)(H,99,110)(H4,82,83,90)/t46-,55+,56-,57+,58+,59-,60-,61-,62+,63+/m1/s1. The number of benzene rings is 3. The number of hydrogen-bond donors (Lipinski definition) is 17. The molecule has 36 heteroatoms. The zero-order valence-electron chi connectivity index (χ0n) is 64.0. The highest BCUT2D eigenvalue weighted by Crippen LogP contribution is 2.22. The van der Waals surface area contributed by atoms with Gasteiger partial charge in [-0.05, 0) is 141 Å². The van der Waals surface area contributed by atoms with Crippen molar-refractivity contribution in [3.05, 3.63) is 161 Å². The van der Waals surface area contributed by atoms with Gasteiger partial charge in [-0.25, -0.2) is 9.97 Å². The van der Waals surface area contributed by atoms with Crippen molar-refractivity contribution in [3.8, 4) is 0 Å². The Morgan fingerprint density at radius 1 is 0.526 bits per heavy atom. The number of carbonyl (C=O) groups is 13. The number of nitrogens with two attached hydrogens (primary N) is 3. The van der Waals surface area contributed by atoms with Gasteiger partial charge in [-0.2, -0.15) is 0 Å². The summed E-state index contributed by atoms with van der Waals surface area (Å²) < 4.78 is 0. The molecule has 0 bridgehead atoms. The number of pyridine rings is 2. The van der Waals surface area contributed by atoms with E-state index in [-0.39, 0.29) is 139 Å². The molecule has 3 aromatic heterocycles. The summed E-state index contributed by atoms with van der Waals surface area (Å²) in [6, 6.07) is 13.5. The van der Waals surface area contributed by atoms with E-state index in [0.29, 0.717) is 28.1 Å². The number of carbonyl (C=O) groups excluding carboxylic acids is 13. The molecule has 20 N–H and O–H groups in total. The molecule has 10 atom stereocenters. The molecule has 1 fully saturated rings. The Morgan fingerprint density at radius 2 is 1.05 bits per heavy atom. The highest BCUT2D eigenvalue weighted by atomic mass is 35.5. The Balaban J connectivity index is 1.16. The maximum atomic E-state index is 15.2. The molecule has 1 aliphatic heterocycles. The van der Waals surface area contributed by atoms with Crippen LogP contribution in [-0.2, 0) is 72.0 Å². The number of anilines is 1. The molecule has 0 radical (unpaired) electrons. The molecule has 4 heterocycles. The van der Waals surface area contributed by atoms with Gasteiger partial charge in [-0.15, -0.1) is 0 Å². The topological polar surface area (TPSA) is 543 Å². The zero-order chi connectivity index (χ0) is 82.8. The average Bonchev–Trinajstić information content (AvgIpc) is 1.52. The van der Waals surface area contributed by atoms with E-state index in [1.54, 1.807) is 62.4 Å². The first kappa shape index (κ1) is 88.9. The van der Waals surface area contributed by atoms with Crippen molar-refractivity contribution in [1.82, 2.24) is 88.6 Å². The van der Waals surface area contributed by atoms with Crippen LogP contribution in [0.4, 0.5) is 5.82 Å². The van der Waals surface area contributed by atoms with Crippen molar-refractivity contribution in [1.29, 1.82) is 5.41 Å². The smallest absolute Gasteiger partial charge is 0.273 e. The van der Waals surface area contributed by atoms with Crippen molar-refractivity contribution in [2.45, 2.75) is 178 Å². The number of nitrogens with zero attached hydrogens (tertiary/aromatic N) is 5. The first-order valence-electron chi connectivity index (χ1n) is 37.7. The van der Waals surface area contributed by atoms with Crippen LogP contribution in [0.1, 0.15) is 136 Å². The lowest BCUT2D eigenvalue weighted by molar-refractivity contribution is -0.142. The van der Waals surface area contributed by atoms with Crippen LogP contribution in [0.25, 0.3) is 10.8 Å². The van der Waals surface area contributed by atoms with Crippen molar-refractivity contribution in [3.63, 3.8) is 0 Å². The van der Waals surface area contributed by atoms with Crippen LogP contribution in [0.3, 0.4) is 0 Å². The summed E-state index contributed by atoms with van der Waals surface area (Å²) in [4.78, 5) is 200. The van der Waals surface area contributed by atoms with Gasteiger partial charge >= 0.3 is 0 Å². The largest absolute Gasteiger partial charge is 0.394 e. The number of likely N-dealkylation sites (tertiary alicyclic amines) is 1. The number of hydrogen-bond acceptors (Lipinski definition) is 20. The number of halogens is 1. The van der Waals surface area contributed by atoms with Gasteiger partial charge in [0.1, 0.15) is 66.1 Å². The Kier molecular flexibility index (Phi) is 35.3. The summed E-state index contributed by atoms with van der Waals surface area (Å²) in [6.45, 7) is 5.34. The number of primary amides is 1. The van der Waals surface area contributed by atoms with Gasteiger partial charge in [0.15, 0.2) is 17.5 Å². The third kappa shape index (κ3) is 28.8. The van der Waals surface area contributed by atoms with Crippen LogP contribution in [0.2, 0.25) is 5.02 Å². The molecular weight excluding hydrogens is 1490 g/mol. The van der Waals surface area contributed by atoms with E-state index in [0.717, 1.165) is 10.8 Å². The molecule has 7 rings (SSSR count). The number of nitrogen functional groups attached to an aromatic ring is 1. The monoisotopic (exact) mass is 1590 g/mol. The van der Waals surface area contributed by atoms with E-state index in [2.05, 4.69) is 83.7 Å². The summed E-state index contributed by atoms with van der Waals surface area (Å²) in [7, 11) is 0. The molecule has 1 aliphatic rings. The van der Waals surface area contributed by atoms with Crippen LogP contribution in [0, 0.1) is 11.3 Å². The summed E-state index contributed by atoms with van der Waals surface area (Å²) in [5, 5.41) is 53.2. The van der Waals surface area contributed by atoms with Crippen molar-refractivity contribution in [2.24, 2.45) is 17.4 Å². The maximum Gasteiger partial charge on any atom is 0.273 e. The molecule has 35 nitrogen and oxygen atoms in total. The number of aliphatic hydroxyl groups excluding tert-OH is 1. The van der Waals surface area contributed by atoms with Crippen LogP contribution in [0.15, 0.2) is 128 Å². The third-order valence-corrected chi connectivity index (χ3v) is 18.9. The molecular formula is C78H102ClN21O14. The van der Waals surface area contributed by atoms with Crippen molar-refractivity contribution >= 4 is 111 Å². The summed E-state index contributed by atoms with van der Waals surface area (Å²) in [5.74, 6) is -11.1. The number of rotatable bonds is 44. The maximum absolute atomic E-state index is 15.2. The number of aliphatic hydroxyl groups is 1. The second-order valence-corrected chi connectivity index (χ2v) is 28.5. The molecule has 0 saturated carbocycles. The fourth-order valence-corrected chi connectivity index (χ4v) is 12.8. The second kappa shape index (κ2) is 45.3. The third-order valence-electron chi connectivity index (χ3n) is 18.6. The molecule has 0 aliphatic carbocycles. The number of guanidine groups is 1. The number of fused-ring (bicyclic) bond motifs is 1. The van der Waals surface area contributed by atoms with Crippen LogP contribution in [-0.4, -0.2) is 206 Å². The molecule has 6 aromatic rings. The van der Waals surface area contributed by atoms with E-state index >= 15 is 9.59 Å². The lowest BCUT2D eigenvalue weighted by atomic mass is 9.99. The van der Waals surface area contributed by atoms with Crippen LogP contribution < -0.4 is 81.0 Å². The van der Waals surface area contributed by atoms with E-state index in [1.807, 2.05) is 42.5 Å². The zero-order valence-corrected chi connectivity index (χ0v) is 64.8. The van der Waals surface area contributed by atoms with E-state index < -0.39 is 144 Å². The first-order chi connectivity index (χ1) is 54.6. The number of aromatic nitrogens is 4. The molecule has 13 amide bonds. The van der Waals surface area contributed by atoms with Gasteiger partial charge in [0, 0.05) is 88.4 Å². The lowest BCUT2D eigenvalue weighted by Gasteiger charge is -2.31.